The molecule has 2 saturated heterocycles. The van der Waals surface area contributed by atoms with Crippen molar-refractivity contribution in [3.8, 4) is 5.75 Å². The minimum Gasteiger partial charge on any atom is -0.426 e. The summed E-state index contributed by atoms with van der Waals surface area (Å²) in [6.07, 6.45) is 5.09. The average molecular weight is 471 g/mol. The van der Waals surface area contributed by atoms with Crippen LogP contribution in [0.3, 0.4) is 0 Å². The molecular formula is C28H26N2O5. The number of carbonyl (C=O) groups is 4. The van der Waals surface area contributed by atoms with E-state index in [9.17, 15) is 19.2 Å². The third kappa shape index (κ3) is 3.49. The summed E-state index contributed by atoms with van der Waals surface area (Å²) in [6.45, 7) is 2.24. The number of hydrogen-bond acceptors (Lipinski definition) is 5. The second-order valence-corrected chi connectivity index (χ2v) is 9.96. The number of allylic oxidation sites excluding steroid dienone is 2. The van der Waals surface area contributed by atoms with Gasteiger partial charge < -0.3 is 9.64 Å². The Morgan fingerprint density at radius 2 is 1.63 bits per heavy atom. The van der Waals surface area contributed by atoms with Crippen LogP contribution < -0.4 is 9.64 Å². The molecule has 1 saturated carbocycles. The summed E-state index contributed by atoms with van der Waals surface area (Å²) < 4.78 is 5.62. The van der Waals surface area contributed by atoms with Crippen LogP contribution in [0.4, 0.5) is 5.69 Å². The van der Waals surface area contributed by atoms with E-state index in [2.05, 4.69) is 12.2 Å². The summed E-state index contributed by atoms with van der Waals surface area (Å²) in [4.78, 5) is 54.7. The third-order valence-electron chi connectivity index (χ3n) is 8.01. The van der Waals surface area contributed by atoms with E-state index in [1.54, 1.807) is 29.2 Å². The van der Waals surface area contributed by atoms with E-state index in [1.165, 1.54) is 4.90 Å². The number of hydrogen-bond donors (Lipinski definition) is 0. The smallest absolute Gasteiger partial charge is 0.316 e. The Hall–Kier alpha value is -3.74. The van der Waals surface area contributed by atoms with Crippen molar-refractivity contribution in [1.82, 2.24) is 4.90 Å². The first kappa shape index (κ1) is 21.8. The van der Waals surface area contributed by atoms with E-state index >= 15 is 0 Å². The van der Waals surface area contributed by atoms with Crippen molar-refractivity contribution in [3.63, 3.8) is 0 Å². The summed E-state index contributed by atoms with van der Waals surface area (Å²) >= 11 is 0. The van der Waals surface area contributed by atoms with Crippen LogP contribution in [0.1, 0.15) is 31.4 Å². The van der Waals surface area contributed by atoms with E-state index in [4.69, 9.17) is 4.74 Å². The number of imide groups is 1. The maximum atomic E-state index is 13.1. The van der Waals surface area contributed by atoms with Crippen LogP contribution in [0, 0.1) is 29.6 Å². The zero-order valence-electron chi connectivity index (χ0n) is 19.4. The largest absolute Gasteiger partial charge is 0.426 e. The Morgan fingerprint density at radius 3 is 2.31 bits per heavy atom. The van der Waals surface area contributed by atoms with Crippen molar-refractivity contribution >= 4 is 29.4 Å². The molecule has 6 atom stereocenters. The molecular weight excluding hydrogens is 444 g/mol. The van der Waals surface area contributed by atoms with Crippen LogP contribution in [0.25, 0.3) is 0 Å². The van der Waals surface area contributed by atoms with Crippen LogP contribution in [0.5, 0.6) is 5.75 Å². The fraction of sp³-hybridized carbons (Fsp3) is 0.357. The number of amides is 3. The number of fused-ring (bicyclic) bond motifs is 5. The summed E-state index contributed by atoms with van der Waals surface area (Å²) in [7, 11) is 0. The molecule has 0 spiro atoms. The van der Waals surface area contributed by atoms with E-state index in [0.717, 1.165) is 12.0 Å². The van der Waals surface area contributed by atoms with Gasteiger partial charge in [-0.25, -0.2) is 4.90 Å². The molecule has 0 aromatic heterocycles. The SMILES string of the molecule is C[C@H](c1ccccc1)N1C[C@H](C(=O)Oc2cccc(N3C(=O)[C@H]4[C@H](C3=O)[C@H]3C=C[C@H]4C3)c2)CC1=O. The number of rotatable bonds is 5. The van der Waals surface area contributed by atoms with Crippen molar-refractivity contribution in [2.45, 2.75) is 25.8 Å². The highest BCUT2D eigenvalue weighted by Crippen LogP contribution is 2.53. The van der Waals surface area contributed by atoms with Gasteiger partial charge in [-0.3, -0.25) is 19.2 Å². The Bertz CT molecular complexity index is 1230. The highest BCUT2D eigenvalue weighted by atomic mass is 16.5. The molecule has 4 aliphatic rings. The molecule has 2 aliphatic carbocycles. The quantitative estimate of drug-likeness (QED) is 0.289. The minimum atomic E-state index is -0.576. The Morgan fingerprint density at radius 1 is 0.943 bits per heavy atom. The normalized spacial score (nSPS) is 29.7. The fourth-order valence-corrected chi connectivity index (χ4v) is 6.22. The zero-order valence-corrected chi connectivity index (χ0v) is 19.4. The maximum absolute atomic E-state index is 13.1. The standard InChI is InChI=1S/C28H26N2O5/c1-16(17-6-3-2-4-7-17)29-15-20(13-23(29)31)28(34)35-22-9-5-8-21(14-22)30-26(32)24-18-10-11-19(12-18)25(24)27(30)33/h2-11,14,16,18-20,24-25H,12-13,15H2,1H3/t16-,18+,19+,20-,24-,25-/m1/s1. The predicted molar refractivity (Wildman–Crippen MR) is 127 cm³/mol. The number of nitrogens with zero attached hydrogens (tertiary/aromatic N) is 2. The lowest BCUT2D eigenvalue weighted by molar-refractivity contribution is -0.139. The highest BCUT2D eigenvalue weighted by Gasteiger charge is 2.59. The van der Waals surface area contributed by atoms with Crippen LogP contribution in [0.15, 0.2) is 66.7 Å². The topological polar surface area (TPSA) is 84.0 Å². The van der Waals surface area contributed by atoms with Gasteiger partial charge in [0.05, 0.1) is 29.5 Å². The van der Waals surface area contributed by atoms with Gasteiger partial charge in [-0.2, -0.15) is 0 Å². The number of carbonyl (C=O) groups excluding carboxylic acids is 4. The average Bonchev–Trinajstić information content (AvgIpc) is 3.63. The summed E-state index contributed by atoms with van der Waals surface area (Å²) in [5, 5.41) is 0. The van der Waals surface area contributed by atoms with E-state index in [-0.39, 0.29) is 66.2 Å². The van der Waals surface area contributed by atoms with Crippen LogP contribution in [-0.4, -0.2) is 35.1 Å². The van der Waals surface area contributed by atoms with Gasteiger partial charge in [-0.1, -0.05) is 48.6 Å². The fourth-order valence-electron chi connectivity index (χ4n) is 6.22. The molecule has 35 heavy (non-hydrogen) atoms. The lowest BCUT2D eigenvalue weighted by Gasteiger charge is -2.25. The van der Waals surface area contributed by atoms with Crippen molar-refractivity contribution < 1.29 is 23.9 Å². The number of esters is 1. The molecule has 2 bridgehead atoms. The molecule has 2 aromatic rings. The molecule has 2 aromatic carbocycles. The Kier molecular flexibility index (Phi) is 5.09. The van der Waals surface area contributed by atoms with E-state index < -0.39 is 11.9 Å². The van der Waals surface area contributed by atoms with Gasteiger partial charge in [0.1, 0.15) is 5.75 Å². The molecule has 2 heterocycles. The summed E-state index contributed by atoms with van der Waals surface area (Å²) in [6, 6.07) is 16.1. The molecule has 6 rings (SSSR count). The highest BCUT2D eigenvalue weighted by molar-refractivity contribution is 6.22. The molecule has 0 unspecified atom stereocenters. The van der Waals surface area contributed by atoms with E-state index in [1.807, 2.05) is 37.3 Å². The van der Waals surface area contributed by atoms with Gasteiger partial charge in [0.25, 0.3) is 0 Å². The molecule has 7 nitrogen and oxygen atoms in total. The molecule has 7 heteroatoms. The van der Waals surface area contributed by atoms with Crippen LogP contribution >= 0.6 is 0 Å². The summed E-state index contributed by atoms with van der Waals surface area (Å²) in [5.41, 5.74) is 1.43. The van der Waals surface area contributed by atoms with Crippen LogP contribution in [-0.2, 0) is 19.2 Å². The van der Waals surface area contributed by atoms with Crippen LogP contribution in [0.2, 0.25) is 0 Å². The lowest BCUT2D eigenvalue weighted by atomic mass is 9.85. The molecule has 2 aliphatic heterocycles. The van der Waals surface area contributed by atoms with Crippen molar-refractivity contribution in [2.24, 2.45) is 29.6 Å². The van der Waals surface area contributed by atoms with Gasteiger partial charge in [-0.05, 0) is 42.9 Å². The minimum absolute atomic E-state index is 0.0832. The molecule has 3 fully saturated rings. The van der Waals surface area contributed by atoms with E-state index in [0.29, 0.717) is 5.69 Å². The second kappa shape index (κ2) is 8.18. The van der Waals surface area contributed by atoms with Crippen molar-refractivity contribution in [2.75, 3.05) is 11.4 Å². The molecule has 178 valence electrons. The zero-order chi connectivity index (χ0) is 24.3. The number of anilines is 1. The van der Waals surface area contributed by atoms with Gasteiger partial charge in [0, 0.05) is 19.0 Å². The second-order valence-electron chi connectivity index (χ2n) is 9.96. The molecule has 3 amide bonds. The van der Waals surface area contributed by atoms with Crippen molar-refractivity contribution in [1.29, 1.82) is 0 Å². The maximum Gasteiger partial charge on any atom is 0.316 e. The van der Waals surface area contributed by atoms with Crippen molar-refractivity contribution in [3.05, 3.63) is 72.3 Å². The first-order chi connectivity index (χ1) is 16.9. The summed E-state index contributed by atoms with van der Waals surface area (Å²) in [5.74, 6) is -1.54. The monoisotopic (exact) mass is 470 g/mol. The third-order valence-corrected chi connectivity index (χ3v) is 8.01. The first-order valence-corrected chi connectivity index (χ1v) is 12.1. The Balaban J connectivity index is 1.15. The van der Waals surface area contributed by atoms with Gasteiger partial charge in [0.15, 0.2) is 0 Å². The Labute approximate surface area is 203 Å². The predicted octanol–water partition coefficient (Wildman–Crippen LogP) is 3.51. The first-order valence-electron chi connectivity index (χ1n) is 12.1. The van der Waals surface area contributed by atoms with Gasteiger partial charge >= 0.3 is 5.97 Å². The van der Waals surface area contributed by atoms with Gasteiger partial charge in [0.2, 0.25) is 17.7 Å². The van der Waals surface area contributed by atoms with Gasteiger partial charge in [-0.15, -0.1) is 0 Å². The molecule has 0 N–H and O–H groups in total. The molecule has 0 radical (unpaired) electrons. The number of benzene rings is 2. The number of ether oxygens (including phenoxy) is 1. The lowest BCUT2D eigenvalue weighted by Crippen LogP contribution is -2.33. The number of likely N-dealkylation sites (tertiary alicyclic amines) is 1.